The molecule has 1 heterocycles. The fourth-order valence-corrected chi connectivity index (χ4v) is 3.93. The molecule has 126 valence electrons. The number of rotatable bonds is 2. The second-order valence-corrected chi connectivity index (χ2v) is 6.50. The van der Waals surface area contributed by atoms with E-state index >= 15 is 0 Å². The molecule has 23 heavy (non-hydrogen) atoms. The van der Waals surface area contributed by atoms with Gasteiger partial charge in [0.2, 0.25) is 0 Å². The minimum absolute atomic E-state index is 0.312. The molecule has 1 aromatic carbocycles. The fourth-order valence-electron chi connectivity index (χ4n) is 3.93. The Bertz CT molecular complexity index is 603. The van der Waals surface area contributed by atoms with Crippen molar-refractivity contribution in [2.75, 3.05) is 18.0 Å². The van der Waals surface area contributed by atoms with Crippen LogP contribution >= 0.6 is 0 Å². The van der Waals surface area contributed by atoms with Gasteiger partial charge in [0.15, 0.2) is 0 Å². The van der Waals surface area contributed by atoms with Crippen molar-refractivity contribution in [3.05, 3.63) is 33.9 Å². The van der Waals surface area contributed by atoms with Crippen LogP contribution in [0.5, 0.6) is 0 Å². The van der Waals surface area contributed by atoms with Gasteiger partial charge in [0, 0.05) is 19.2 Å². The van der Waals surface area contributed by atoms with Gasteiger partial charge in [0.25, 0.3) is 5.69 Å². The highest BCUT2D eigenvalue weighted by Crippen LogP contribution is 2.41. The van der Waals surface area contributed by atoms with Crippen LogP contribution in [0.2, 0.25) is 0 Å². The molecule has 0 amide bonds. The molecule has 7 heteroatoms. The van der Waals surface area contributed by atoms with Gasteiger partial charge in [-0.1, -0.05) is 19.3 Å². The van der Waals surface area contributed by atoms with Crippen molar-refractivity contribution < 1.29 is 18.1 Å². The maximum atomic E-state index is 12.8. The Balaban J connectivity index is 1.88. The lowest BCUT2D eigenvalue weighted by atomic mass is 9.75. The number of alkyl halides is 3. The lowest BCUT2D eigenvalue weighted by molar-refractivity contribution is -0.384. The lowest BCUT2D eigenvalue weighted by Crippen LogP contribution is -2.42. The van der Waals surface area contributed by atoms with Crippen LogP contribution in [-0.2, 0) is 6.18 Å². The Labute approximate surface area is 132 Å². The molecule has 0 unspecified atom stereocenters. The van der Waals surface area contributed by atoms with Gasteiger partial charge in [0.05, 0.1) is 10.5 Å². The van der Waals surface area contributed by atoms with E-state index in [-0.39, 0.29) is 0 Å². The van der Waals surface area contributed by atoms with Crippen LogP contribution in [0.3, 0.4) is 0 Å². The largest absolute Gasteiger partial charge is 0.416 e. The van der Waals surface area contributed by atoms with Crippen molar-refractivity contribution in [2.24, 2.45) is 11.8 Å². The number of hydrogen-bond acceptors (Lipinski definition) is 3. The number of nitrogens with zero attached hydrogens (tertiary/aromatic N) is 2. The molecule has 0 bridgehead atoms. The van der Waals surface area contributed by atoms with Gasteiger partial charge in [-0.15, -0.1) is 0 Å². The summed E-state index contributed by atoms with van der Waals surface area (Å²) in [5.41, 5.74) is -1.11. The Morgan fingerprint density at radius 1 is 1.13 bits per heavy atom. The smallest absolute Gasteiger partial charge is 0.366 e. The van der Waals surface area contributed by atoms with Crippen molar-refractivity contribution in [3.8, 4) is 0 Å². The van der Waals surface area contributed by atoms with Gasteiger partial charge in [-0.05, 0) is 36.8 Å². The molecule has 0 N–H and O–H groups in total. The quantitative estimate of drug-likeness (QED) is 0.587. The van der Waals surface area contributed by atoms with Crippen LogP contribution in [0.1, 0.15) is 37.7 Å². The number of nitro groups is 1. The van der Waals surface area contributed by atoms with Gasteiger partial charge in [-0.2, -0.15) is 13.2 Å². The van der Waals surface area contributed by atoms with Crippen molar-refractivity contribution in [2.45, 2.75) is 38.3 Å². The Morgan fingerprint density at radius 3 is 2.48 bits per heavy atom. The maximum absolute atomic E-state index is 12.8. The highest BCUT2D eigenvalue weighted by atomic mass is 19.4. The minimum Gasteiger partial charge on any atom is -0.366 e. The summed E-state index contributed by atoms with van der Waals surface area (Å²) in [6.45, 7) is 1.38. The number of fused-ring (bicyclic) bond motifs is 1. The van der Waals surface area contributed by atoms with Gasteiger partial charge in [-0.3, -0.25) is 10.1 Å². The third-order valence-electron chi connectivity index (χ3n) is 5.13. The second kappa shape index (κ2) is 6.02. The van der Waals surface area contributed by atoms with Crippen molar-refractivity contribution in [3.63, 3.8) is 0 Å². The first kappa shape index (κ1) is 16.1. The standard InChI is InChI=1S/C16H19F3N2O2/c17-16(18,19)13-5-6-14(15(9-13)21(22)23)20-8-7-11-3-1-2-4-12(11)10-20/h5-6,9,11-12H,1-4,7-8,10H2/t11-,12-/m0/s1. The van der Waals surface area contributed by atoms with Gasteiger partial charge >= 0.3 is 6.18 Å². The molecular weight excluding hydrogens is 309 g/mol. The highest BCUT2D eigenvalue weighted by molar-refractivity contribution is 5.65. The molecule has 1 aromatic rings. The second-order valence-electron chi connectivity index (χ2n) is 6.50. The van der Waals surface area contributed by atoms with Crippen LogP contribution < -0.4 is 4.90 Å². The first-order valence-electron chi connectivity index (χ1n) is 7.97. The summed E-state index contributed by atoms with van der Waals surface area (Å²) in [4.78, 5) is 12.4. The summed E-state index contributed by atoms with van der Waals surface area (Å²) >= 11 is 0. The zero-order valence-corrected chi connectivity index (χ0v) is 12.7. The van der Waals surface area contributed by atoms with E-state index in [4.69, 9.17) is 0 Å². The SMILES string of the molecule is O=[N+]([O-])c1cc(C(F)(F)F)ccc1N1CC[C@@H]2CCCC[C@H]2C1. The summed E-state index contributed by atoms with van der Waals surface area (Å²) in [7, 11) is 0. The fraction of sp³-hybridized carbons (Fsp3) is 0.625. The Kier molecular flexibility index (Phi) is 4.21. The van der Waals surface area contributed by atoms with Crippen LogP contribution in [0.4, 0.5) is 24.5 Å². The third kappa shape index (κ3) is 3.28. The molecule has 2 aliphatic rings. The number of hydrogen-bond donors (Lipinski definition) is 0. The van der Waals surface area contributed by atoms with E-state index in [1.54, 1.807) is 0 Å². The molecular formula is C16H19F3N2O2. The molecule has 2 fully saturated rings. The summed E-state index contributed by atoms with van der Waals surface area (Å²) in [5.74, 6) is 1.16. The van der Waals surface area contributed by atoms with Crippen molar-refractivity contribution in [1.29, 1.82) is 0 Å². The molecule has 0 aromatic heterocycles. The summed E-state index contributed by atoms with van der Waals surface area (Å²) in [5, 5.41) is 11.2. The molecule has 1 aliphatic carbocycles. The van der Waals surface area contributed by atoms with E-state index in [0.29, 0.717) is 36.7 Å². The summed E-state index contributed by atoms with van der Waals surface area (Å²) in [6, 6.07) is 2.85. The highest BCUT2D eigenvalue weighted by Gasteiger charge is 2.36. The molecule has 3 rings (SSSR count). The lowest BCUT2D eigenvalue weighted by Gasteiger charge is -2.42. The summed E-state index contributed by atoms with van der Waals surface area (Å²) in [6.07, 6.45) is 1.11. The van der Waals surface area contributed by atoms with E-state index in [2.05, 4.69) is 0 Å². The number of anilines is 1. The molecule has 2 atom stereocenters. The van der Waals surface area contributed by atoms with Gasteiger partial charge in [-0.25, -0.2) is 0 Å². The molecule has 1 aliphatic heterocycles. The average molecular weight is 328 g/mol. The van der Waals surface area contributed by atoms with E-state index in [9.17, 15) is 23.3 Å². The third-order valence-corrected chi connectivity index (χ3v) is 5.13. The van der Waals surface area contributed by atoms with E-state index in [1.165, 1.54) is 25.3 Å². The number of nitro benzene ring substituents is 1. The normalized spacial score (nSPS) is 25.1. The van der Waals surface area contributed by atoms with Crippen LogP contribution in [0.25, 0.3) is 0 Å². The number of halogens is 3. The number of piperidine rings is 1. The predicted octanol–water partition coefficient (Wildman–Crippen LogP) is 4.63. The predicted molar refractivity (Wildman–Crippen MR) is 80.4 cm³/mol. The van der Waals surface area contributed by atoms with Crippen molar-refractivity contribution >= 4 is 11.4 Å². The van der Waals surface area contributed by atoms with Gasteiger partial charge in [0.1, 0.15) is 5.69 Å². The average Bonchev–Trinajstić information content (AvgIpc) is 2.53. The van der Waals surface area contributed by atoms with Crippen LogP contribution in [0, 0.1) is 22.0 Å². The first-order chi connectivity index (χ1) is 10.9. The maximum Gasteiger partial charge on any atom is 0.416 e. The molecule has 1 saturated heterocycles. The molecule has 1 saturated carbocycles. The van der Waals surface area contributed by atoms with E-state index in [1.807, 2.05) is 4.90 Å². The topological polar surface area (TPSA) is 46.4 Å². The van der Waals surface area contributed by atoms with E-state index < -0.39 is 22.4 Å². The molecule has 0 radical (unpaired) electrons. The zero-order chi connectivity index (χ0) is 16.6. The molecule has 0 spiro atoms. The van der Waals surface area contributed by atoms with Crippen LogP contribution in [0.15, 0.2) is 18.2 Å². The summed E-state index contributed by atoms with van der Waals surface area (Å²) < 4.78 is 38.4. The van der Waals surface area contributed by atoms with Gasteiger partial charge < -0.3 is 4.90 Å². The van der Waals surface area contributed by atoms with E-state index in [0.717, 1.165) is 18.9 Å². The Morgan fingerprint density at radius 2 is 1.83 bits per heavy atom. The van der Waals surface area contributed by atoms with Crippen LogP contribution in [-0.4, -0.2) is 18.0 Å². The zero-order valence-electron chi connectivity index (χ0n) is 12.7. The van der Waals surface area contributed by atoms with Crippen molar-refractivity contribution in [1.82, 2.24) is 0 Å². The monoisotopic (exact) mass is 328 g/mol. The number of benzene rings is 1. The Hall–Kier alpha value is -1.79. The molecule has 4 nitrogen and oxygen atoms in total. The minimum atomic E-state index is -4.57. The first-order valence-corrected chi connectivity index (χ1v) is 7.97.